The van der Waals surface area contributed by atoms with E-state index in [0.717, 1.165) is 12.8 Å². The topological polar surface area (TPSA) is 84.2 Å². The summed E-state index contributed by atoms with van der Waals surface area (Å²) < 4.78 is 4.86. The van der Waals surface area contributed by atoms with Crippen molar-refractivity contribution < 1.29 is 14.1 Å². The fourth-order valence-corrected chi connectivity index (χ4v) is 2.99. The fraction of sp³-hybridized carbons (Fsp3) is 0.643. The smallest absolute Gasteiger partial charge is 0.235 e. The van der Waals surface area contributed by atoms with Crippen molar-refractivity contribution in [1.29, 1.82) is 0 Å². The first-order valence-corrected chi connectivity index (χ1v) is 8.39. The number of anilines is 1. The Hall–Kier alpha value is -1.50. The second-order valence-electron chi connectivity index (χ2n) is 5.27. The van der Waals surface area contributed by atoms with Crippen LogP contribution in [0.2, 0.25) is 0 Å². The molecule has 2 amide bonds. The van der Waals surface area contributed by atoms with E-state index < -0.39 is 0 Å². The number of thioether (sulfide) groups is 1. The van der Waals surface area contributed by atoms with Gasteiger partial charge in [-0.25, -0.2) is 0 Å². The Kier molecular flexibility index (Phi) is 6.10. The molecule has 1 saturated carbocycles. The first-order chi connectivity index (χ1) is 10.1. The van der Waals surface area contributed by atoms with Crippen LogP contribution in [0.25, 0.3) is 0 Å². The third-order valence-electron chi connectivity index (χ3n) is 3.33. The van der Waals surface area contributed by atoms with Gasteiger partial charge in [-0.3, -0.25) is 9.59 Å². The quantitative estimate of drug-likeness (QED) is 0.840. The van der Waals surface area contributed by atoms with Gasteiger partial charge in [-0.2, -0.15) is 0 Å². The molecule has 1 aromatic heterocycles. The first-order valence-electron chi connectivity index (χ1n) is 7.24. The zero-order chi connectivity index (χ0) is 15.1. The lowest BCUT2D eigenvalue weighted by Gasteiger charge is -2.22. The highest BCUT2D eigenvalue weighted by Crippen LogP contribution is 2.17. The SMILES string of the molecule is Cc1cc(NC(=O)CSCC(=O)NC2CCCCC2)no1. The zero-order valence-electron chi connectivity index (χ0n) is 12.2. The van der Waals surface area contributed by atoms with E-state index in [2.05, 4.69) is 15.8 Å². The average molecular weight is 311 g/mol. The summed E-state index contributed by atoms with van der Waals surface area (Å²) >= 11 is 1.30. The van der Waals surface area contributed by atoms with Gasteiger partial charge in [-0.1, -0.05) is 24.4 Å². The molecule has 1 aromatic rings. The summed E-state index contributed by atoms with van der Waals surface area (Å²) in [6.45, 7) is 1.76. The third kappa shape index (κ3) is 5.79. The van der Waals surface area contributed by atoms with E-state index in [1.54, 1.807) is 13.0 Å². The molecule has 0 unspecified atom stereocenters. The van der Waals surface area contributed by atoms with Crippen LogP contribution in [-0.2, 0) is 9.59 Å². The van der Waals surface area contributed by atoms with Crippen molar-refractivity contribution in [2.45, 2.75) is 45.1 Å². The number of aromatic nitrogens is 1. The van der Waals surface area contributed by atoms with Gasteiger partial charge in [0, 0.05) is 12.1 Å². The number of aryl methyl sites for hydroxylation is 1. The van der Waals surface area contributed by atoms with Crippen molar-refractivity contribution in [1.82, 2.24) is 10.5 Å². The minimum Gasteiger partial charge on any atom is -0.360 e. The lowest BCUT2D eigenvalue weighted by atomic mass is 9.95. The highest BCUT2D eigenvalue weighted by molar-refractivity contribution is 8.00. The lowest BCUT2D eigenvalue weighted by molar-refractivity contribution is -0.119. The maximum Gasteiger partial charge on any atom is 0.235 e. The van der Waals surface area contributed by atoms with E-state index >= 15 is 0 Å². The van der Waals surface area contributed by atoms with Crippen LogP contribution in [0.1, 0.15) is 37.9 Å². The standard InChI is InChI=1S/C14H21N3O3S/c1-10-7-12(17-20-10)16-14(19)9-21-8-13(18)15-11-5-3-2-4-6-11/h7,11H,2-6,8-9H2,1H3,(H,15,18)(H,16,17,19). The van der Waals surface area contributed by atoms with Crippen molar-refractivity contribution in [3.63, 3.8) is 0 Å². The molecule has 0 saturated heterocycles. The number of nitrogens with zero attached hydrogens (tertiary/aromatic N) is 1. The Balaban J connectivity index is 1.59. The van der Waals surface area contributed by atoms with E-state index in [0.29, 0.717) is 23.4 Å². The van der Waals surface area contributed by atoms with Crippen LogP contribution in [0.3, 0.4) is 0 Å². The minimum absolute atomic E-state index is 0.0111. The summed E-state index contributed by atoms with van der Waals surface area (Å²) in [6.07, 6.45) is 5.79. The predicted molar refractivity (Wildman–Crippen MR) is 82.2 cm³/mol. The summed E-state index contributed by atoms with van der Waals surface area (Å²) in [5.74, 6) is 1.41. The van der Waals surface area contributed by atoms with E-state index in [4.69, 9.17) is 4.52 Å². The molecule has 1 aliphatic rings. The van der Waals surface area contributed by atoms with Crippen LogP contribution in [-0.4, -0.2) is 34.5 Å². The van der Waals surface area contributed by atoms with Crippen molar-refractivity contribution in [2.75, 3.05) is 16.8 Å². The first kappa shape index (κ1) is 15.9. The molecule has 0 bridgehead atoms. The van der Waals surface area contributed by atoms with Crippen LogP contribution < -0.4 is 10.6 Å². The molecule has 2 rings (SSSR count). The monoisotopic (exact) mass is 311 g/mol. The maximum atomic E-state index is 11.8. The van der Waals surface area contributed by atoms with E-state index in [9.17, 15) is 9.59 Å². The van der Waals surface area contributed by atoms with Gasteiger partial charge in [0.25, 0.3) is 0 Å². The normalized spacial score (nSPS) is 15.7. The molecular formula is C14H21N3O3S. The fourth-order valence-electron chi connectivity index (χ4n) is 2.36. The van der Waals surface area contributed by atoms with Gasteiger partial charge in [0.1, 0.15) is 5.76 Å². The summed E-state index contributed by atoms with van der Waals surface area (Å²) in [5, 5.41) is 9.33. The summed E-state index contributed by atoms with van der Waals surface area (Å²) in [6, 6.07) is 1.97. The summed E-state index contributed by atoms with van der Waals surface area (Å²) in [5.41, 5.74) is 0. The summed E-state index contributed by atoms with van der Waals surface area (Å²) in [4.78, 5) is 23.4. The molecule has 1 aliphatic carbocycles. The van der Waals surface area contributed by atoms with Crippen molar-refractivity contribution in [2.24, 2.45) is 0 Å². The van der Waals surface area contributed by atoms with Gasteiger partial charge in [0.15, 0.2) is 5.82 Å². The van der Waals surface area contributed by atoms with Gasteiger partial charge in [0.2, 0.25) is 11.8 Å². The van der Waals surface area contributed by atoms with E-state index in [-0.39, 0.29) is 17.6 Å². The number of carbonyl (C=O) groups excluding carboxylic acids is 2. The number of carbonyl (C=O) groups is 2. The van der Waals surface area contributed by atoms with Crippen LogP contribution in [0.4, 0.5) is 5.82 Å². The van der Waals surface area contributed by atoms with Crippen molar-refractivity contribution in [3.8, 4) is 0 Å². The van der Waals surface area contributed by atoms with Gasteiger partial charge < -0.3 is 15.2 Å². The maximum absolute atomic E-state index is 11.8. The van der Waals surface area contributed by atoms with Gasteiger partial charge in [-0.15, -0.1) is 11.8 Å². The van der Waals surface area contributed by atoms with E-state index in [1.807, 2.05) is 0 Å². The van der Waals surface area contributed by atoms with Crippen LogP contribution >= 0.6 is 11.8 Å². The Bertz CT molecular complexity index is 484. The largest absolute Gasteiger partial charge is 0.360 e. The van der Waals surface area contributed by atoms with Gasteiger partial charge in [0.05, 0.1) is 11.5 Å². The molecule has 2 N–H and O–H groups in total. The molecule has 1 heterocycles. The zero-order valence-corrected chi connectivity index (χ0v) is 13.0. The predicted octanol–water partition coefficient (Wildman–Crippen LogP) is 2.10. The van der Waals surface area contributed by atoms with Crippen LogP contribution in [0.15, 0.2) is 10.6 Å². The highest BCUT2D eigenvalue weighted by atomic mass is 32.2. The number of hydrogen-bond donors (Lipinski definition) is 2. The number of amides is 2. The Labute approximate surface area is 128 Å². The van der Waals surface area contributed by atoms with E-state index in [1.165, 1.54) is 31.0 Å². The van der Waals surface area contributed by atoms with Crippen molar-refractivity contribution >= 4 is 29.4 Å². The van der Waals surface area contributed by atoms with Crippen molar-refractivity contribution in [3.05, 3.63) is 11.8 Å². The molecule has 21 heavy (non-hydrogen) atoms. The Morgan fingerprint density at radius 3 is 2.67 bits per heavy atom. The Morgan fingerprint density at radius 1 is 1.29 bits per heavy atom. The molecule has 116 valence electrons. The number of rotatable bonds is 6. The highest BCUT2D eigenvalue weighted by Gasteiger charge is 2.15. The lowest BCUT2D eigenvalue weighted by Crippen LogP contribution is -2.37. The van der Waals surface area contributed by atoms with Gasteiger partial charge >= 0.3 is 0 Å². The molecule has 0 radical (unpaired) electrons. The second kappa shape index (κ2) is 8.07. The molecular weight excluding hydrogens is 290 g/mol. The summed E-state index contributed by atoms with van der Waals surface area (Å²) in [7, 11) is 0. The molecule has 6 nitrogen and oxygen atoms in total. The molecule has 1 fully saturated rings. The third-order valence-corrected chi connectivity index (χ3v) is 4.26. The molecule has 7 heteroatoms. The number of hydrogen-bond acceptors (Lipinski definition) is 5. The molecule has 0 aromatic carbocycles. The molecule has 0 atom stereocenters. The van der Waals surface area contributed by atoms with Crippen LogP contribution in [0.5, 0.6) is 0 Å². The number of nitrogens with one attached hydrogen (secondary N) is 2. The Morgan fingerprint density at radius 2 is 2.00 bits per heavy atom. The minimum atomic E-state index is -0.182. The second-order valence-corrected chi connectivity index (χ2v) is 6.25. The van der Waals surface area contributed by atoms with Gasteiger partial charge in [-0.05, 0) is 19.8 Å². The van der Waals surface area contributed by atoms with Crippen LogP contribution in [0, 0.1) is 6.92 Å². The molecule has 0 spiro atoms. The molecule has 0 aliphatic heterocycles. The average Bonchev–Trinajstić information content (AvgIpc) is 2.85.